The highest BCUT2D eigenvalue weighted by Crippen LogP contribution is 2.44. The molecule has 1 aliphatic heterocycles. The lowest BCUT2D eigenvalue weighted by Crippen LogP contribution is -2.41. The van der Waals surface area contributed by atoms with Gasteiger partial charge in [0.05, 0.1) is 24.1 Å². The van der Waals surface area contributed by atoms with Crippen molar-refractivity contribution in [2.24, 2.45) is 5.41 Å². The quantitative estimate of drug-likeness (QED) is 0.275. The van der Waals surface area contributed by atoms with E-state index in [1.54, 1.807) is 24.3 Å². The number of carbonyl (C=O) groups is 1. The first-order valence-electron chi connectivity index (χ1n) is 12.8. The lowest BCUT2D eigenvalue weighted by Gasteiger charge is -2.41. The summed E-state index contributed by atoms with van der Waals surface area (Å²) in [6, 6.07) is 9.43. The molecule has 38 heavy (non-hydrogen) atoms. The number of nitrogens with zero attached hydrogens (tertiary/aromatic N) is 2. The molecule has 204 valence electrons. The van der Waals surface area contributed by atoms with Gasteiger partial charge in [0, 0.05) is 17.1 Å². The minimum atomic E-state index is -1.38. The molecule has 3 aromatic rings. The molecule has 1 atom stereocenters. The number of carboxylic acid groups (broad SMARTS) is 1. The number of likely N-dealkylation sites (tertiary alicyclic amines) is 1. The average Bonchev–Trinajstić information content (AvgIpc) is 2.90. The summed E-state index contributed by atoms with van der Waals surface area (Å²) in [4.78, 5) is 18.2. The van der Waals surface area contributed by atoms with Crippen molar-refractivity contribution in [1.82, 2.24) is 9.88 Å². The van der Waals surface area contributed by atoms with Crippen molar-refractivity contribution in [3.05, 3.63) is 70.4 Å². The second-order valence-corrected chi connectivity index (χ2v) is 10.5. The van der Waals surface area contributed by atoms with Gasteiger partial charge >= 0.3 is 5.97 Å². The fraction of sp³-hybridized carbons (Fsp3) is 0.448. The lowest BCUT2D eigenvalue weighted by molar-refractivity contribution is -0.141. The number of fused-ring (bicyclic) bond motifs is 1. The summed E-state index contributed by atoms with van der Waals surface area (Å²) >= 11 is 6.38. The Balaban J connectivity index is 1.39. The third-order valence-electron chi connectivity index (χ3n) is 7.70. The number of aliphatic carboxylic acids is 1. The van der Waals surface area contributed by atoms with Crippen LogP contribution < -0.4 is 4.74 Å². The molecule has 4 rings (SSSR count). The van der Waals surface area contributed by atoms with Crippen molar-refractivity contribution in [2.75, 3.05) is 26.7 Å². The van der Waals surface area contributed by atoms with Crippen molar-refractivity contribution in [2.45, 2.75) is 51.1 Å². The summed E-state index contributed by atoms with van der Waals surface area (Å²) in [5, 5.41) is 10.4. The Labute approximate surface area is 225 Å². The Bertz CT molecular complexity index is 1280. The molecule has 0 saturated carbocycles. The summed E-state index contributed by atoms with van der Waals surface area (Å²) in [5.74, 6) is -1.96. The number of hydrogen-bond acceptors (Lipinski definition) is 4. The number of piperidine rings is 1. The maximum Gasteiger partial charge on any atom is 0.303 e. The number of methoxy groups -OCH3 is 1. The van der Waals surface area contributed by atoms with Crippen LogP contribution in [0.5, 0.6) is 5.75 Å². The van der Waals surface area contributed by atoms with Crippen LogP contribution in [0.2, 0.25) is 5.02 Å². The third kappa shape index (κ3) is 6.59. The van der Waals surface area contributed by atoms with E-state index in [1.165, 1.54) is 19.4 Å². The predicted octanol–water partition coefficient (Wildman–Crippen LogP) is 7.16. The third-order valence-corrected chi connectivity index (χ3v) is 8.01. The molecule has 0 aliphatic carbocycles. The largest absolute Gasteiger partial charge is 0.497 e. The highest BCUT2D eigenvalue weighted by Gasteiger charge is 2.37. The summed E-state index contributed by atoms with van der Waals surface area (Å²) < 4.78 is 48.4. The van der Waals surface area contributed by atoms with E-state index in [9.17, 15) is 18.7 Å². The maximum atomic E-state index is 15.7. The molecular weight excluding hydrogens is 517 g/mol. The molecule has 9 heteroatoms. The van der Waals surface area contributed by atoms with Gasteiger partial charge in [0.25, 0.3) is 0 Å². The van der Waals surface area contributed by atoms with Crippen molar-refractivity contribution in [3.63, 3.8) is 0 Å². The second kappa shape index (κ2) is 12.3. The molecule has 2 heterocycles. The van der Waals surface area contributed by atoms with E-state index in [1.807, 2.05) is 0 Å². The van der Waals surface area contributed by atoms with Crippen LogP contribution in [0.3, 0.4) is 0 Å². The van der Waals surface area contributed by atoms with E-state index in [0.29, 0.717) is 79.5 Å². The SMILES string of the molecule is COc1ccc2ncc(Cl)c([C@H](F)CCC3(CC(=O)O)CCN(CCCc4cccc(F)c4F)CC3)c2c1. The van der Waals surface area contributed by atoms with Gasteiger partial charge in [0.1, 0.15) is 11.9 Å². The van der Waals surface area contributed by atoms with E-state index in [2.05, 4.69) is 9.88 Å². The molecular formula is C29H32ClF3N2O3. The van der Waals surface area contributed by atoms with Crippen molar-refractivity contribution >= 4 is 28.5 Å². The van der Waals surface area contributed by atoms with Crippen LogP contribution in [-0.2, 0) is 11.2 Å². The molecule has 1 aliphatic rings. The van der Waals surface area contributed by atoms with Gasteiger partial charge in [0.15, 0.2) is 11.6 Å². The zero-order chi connectivity index (χ0) is 27.3. The molecule has 1 aromatic heterocycles. The topological polar surface area (TPSA) is 62.7 Å². The van der Waals surface area contributed by atoms with Gasteiger partial charge in [0.2, 0.25) is 0 Å². The average molecular weight is 549 g/mol. The van der Waals surface area contributed by atoms with Crippen molar-refractivity contribution in [3.8, 4) is 5.75 Å². The fourth-order valence-corrected chi connectivity index (χ4v) is 5.78. The Morgan fingerprint density at radius 3 is 2.71 bits per heavy atom. The number of alkyl halides is 1. The van der Waals surface area contributed by atoms with Gasteiger partial charge in [-0.25, -0.2) is 13.2 Å². The molecule has 0 radical (unpaired) electrons. The van der Waals surface area contributed by atoms with Crippen LogP contribution in [-0.4, -0.2) is 47.7 Å². The Morgan fingerprint density at radius 1 is 1.24 bits per heavy atom. The molecule has 0 bridgehead atoms. The molecule has 5 nitrogen and oxygen atoms in total. The monoisotopic (exact) mass is 548 g/mol. The number of rotatable bonds is 11. The highest BCUT2D eigenvalue weighted by atomic mass is 35.5. The molecule has 0 amide bonds. The van der Waals surface area contributed by atoms with E-state index in [4.69, 9.17) is 16.3 Å². The number of halogens is 4. The normalized spacial score (nSPS) is 16.4. The molecule has 1 saturated heterocycles. The molecule has 0 unspecified atom stereocenters. The summed E-state index contributed by atoms with van der Waals surface area (Å²) in [6.45, 7) is 2.04. The van der Waals surface area contributed by atoms with Crippen LogP contribution in [0, 0.1) is 17.0 Å². The molecule has 0 spiro atoms. The minimum absolute atomic E-state index is 0.0271. The van der Waals surface area contributed by atoms with Gasteiger partial charge in [-0.15, -0.1) is 0 Å². The summed E-state index contributed by atoms with van der Waals surface area (Å²) in [6.07, 6.45) is 2.92. The van der Waals surface area contributed by atoms with Gasteiger partial charge in [-0.3, -0.25) is 9.78 Å². The van der Waals surface area contributed by atoms with Gasteiger partial charge in [-0.1, -0.05) is 23.7 Å². The number of benzene rings is 2. The Hall–Kier alpha value is -2.84. The van der Waals surface area contributed by atoms with E-state index in [-0.39, 0.29) is 17.9 Å². The maximum absolute atomic E-state index is 15.7. The standard InChI is InChI=1S/C29H32ClF3N2O3/c1-38-20-7-8-25-21(16-20)27(22(30)18-34-25)23(31)9-10-29(17-26(36)37)11-14-35(15-12-29)13-3-5-19-4-2-6-24(32)28(19)33/h2,4,6-8,16,18,23H,3,5,9-15,17H2,1H3,(H,36,37)/t23-/m1/s1. The van der Waals surface area contributed by atoms with Crippen LogP contribution in [0.1, 0.15) is 55.8 Å². The first kappa shape index (κ1) is 28.2. The molecule has 1 fully saturated rings. The highest BCUT2D eigenvalue weighted by molar-refractivity contribution is 6.32. The van der Waals surface area contributed by atoms with E-state index < -0.39 is 29.2 Å². The van der Waals surface area contributed by atoms with Crippen molar-refractivity contribution < 1.29 is 27.8 Å². The van der Waals surface area contributed by atoms with E-state index >= 15 is 4.39 Å². The van der Waals surface area contributed by atoms with Gasteiger partial charge in [-0.05, 0) is 93.4 Å². The van der Waals surface area contributed by atoms with Crippen molar-refractivity contribution in [1.29, 1.82) is 0 Å². The Morgan fingerprint density at radius 2 is 2.00 bits per heavy atom. The number of carboxylic acids is 1. The number of aromatic nitrogens is 1. The van der Waals surface area contributed by atoms with Crippen LogP contribution >= 0.6 is 11.6 Å². The van der Waals surface area contributed by atoms with Gasteiger partial charge < -0.3 is 14.7 Å². The Kier molecular flexibility index (Phi) is 9.15. The number of pyridine rings is 1. The molecule has 1 N–H and O–H groups in total. The number of aryl methyl sites for hydroxylation is 1. The van der Waals surface area contributed by atoms with Gasteiger partial charge in [-0.2, -0.15) is 0 Å². The van der Waals surface area contributed by atoms with E-state index in [0.717, 1.165) is 6.07 Å². The zero-order valence-corrected chi connectivity index (χ0v) is 22.1. The first-order chi connectivity index (χ1) is 18.2. The summed E-state index contributed by atoms with van der Waals surface area (Å²) in [5.41, 5.74) is 0.799. The molecule has 2 aromatic carbocycles. The zero-order valence-electron chi connectivity index (χ0n) is 21.4. The lowest BCUT2D eigenvalue weighted by atomic mass is 9.71. The van der Waals surface area contributed by atoms with Crippen LogP contribution in [0.25, 0.3) is 10.9 Å². The smallest absolute Gasteiger partial charge is 0.303 e. The summed E-state index contributed by atoms with van der Waals surface area (Å²) in [7, 11) is 1.54. The number of hydrogen-bond donors (Lipinski definition) is 1. The second-order valence-electron chi connectivity index (χ2n) is 10.1. The predicted molar refractivity (Wildman–Crippen MR) is 141 cm³/mol. The fourth-order valence-electron chi connectivity index (χ4n) is 5.51. The number of ether oxygens (including phenoxy) is 1. The minimum Gasteiger partial charge on any atom is -0.497 e. The first-order valence-corrected chi connectivity index (χ1v) is 13.2. The van der Waals surface area contributed by atoms with Crippen LogP contribution in [0.15, 0.2) is 42.6 Å². The van der Waals surface area contributed by atoms with Crippen LogP contribution in [0.4, 0.5) is 13.2 Å².